The van der Waals surface area contributed by atoms with Crippen molar-refractivity contribution in [3.8, 4) is 5.88 Å². The van der Waals surface area contributed by atoms with E-state index >= 15 is 0 Å². The van der Waals surface area contributed by atoms with E-state index in [9.17, 15) is 4.79 Å². The molecule has 0 aromatic carbocycles. The smallest absolute Gasteiger partial charge is 0.343 e. The van der Waals surface area contributed by atoms with E-state index in [1.54, 1.807) is 6.07 Å². The van der Waals surface area contributed by atoms with Crippen LogP contribution >= 0.6 is 0 Å². The van der Waals surface area contributed by atoms with E-state index in [0.29, 0.717) is 0 Å². The van der Waals surface area contributed by atoms with E-state index in [1.807, 2.05) is 0 Å². The molecule has 0 saturated heterocycles. The van der Waals surface area contributed by atoms with Crippen LogP contribution in [0.2, 0.25) is 0 Å². The van der Waals surface area contributed by atoms with Crippen molar-refractivity contribution in [3.63, 3.8) is 0 Å². The van der Waals surface area contributed by atoms with Gasteiger partial charge in [-0.2, -0.15) is 5.90 Å². The van der Waals surface area contributed by atoms with Gasteiger partial charge in [0.1, 0.15) is 5.56 Å². The number of rotatable bonds is 2. The summed E-state index contributed by atoms with van der Waals surface area (Å²) in [7, 11) is 1.27. The highest BCUT2D eigenvalue weighted by Gasteiger charge is 2.12. The minimum atomic E-state index is -0.524. The quantitative estimate of drug-likeness (QED) is 0.501. The SMILES string of the molecule is COC(=O)c1cccnc1ON. The molecule has 0 unspecified atom stereocenters. The molecule has 0 amide bonds. The molecule has 1 aromatic rings. The molecule has 12 heavy (non-hydrogen) atoms. The molecular weight excluding hydrogens is 160 g/mol. The molecule has 0 aliphatic heterocycles. The highest BCUT2D eigenvalue weighted by molar-refractivity contribution is 5.91. The molecule has 0 saturated carbocycles. The Morgan fingerprint density at radius 2 is 2.42 bits per heavy atom. The Kier molecular flexibility index (Phi) is 2.60. The van der Waals surface area contributed by atoms with E-state index < -0.39 is 5.97 Å². The maximum absolute atomic E-state index is 11.0. The number of hydrogen-bond donors (Lipinski definition) is 1. The Morgan fingerprint density at radius 3 is 3.00 bits per heavy atom. The first kappa shape index (κ1) is 8.48. The summed E-state index contributed by atoms with van der Waals surface area (Å²) >= 11 is 0. The molecule has 0 bridgehead atoms. The molecule has 0 radical (unpaired) electrons. The first-order chi connectivity index (χ1) is 5.79. The minimum absolute atomic E-state index is 0.0596. The predicted molar refractivity (Wildman–Crippen MR) is 40.4 cm³/mol. The lowest BCUT2D eigenvalue weighted by Crippen LogP contribution is -2.10. The van der Waals surface area contributed by atoms with Crippen LogP contribution in [0.1, 0.15) is 10.4 Å². The van der Waals surface area contributed by atoms with E-state index in [2.05, 4.69) is 14.6 Å². The number of nitrogens with zero attached hydrogens (tertiary/aromatic N) is 1. The van der Waals surface area contributed by atoms with Crippen molar-refractivity contribution in [3.05, 3.63) is 23.9 Å². The number of ether oxygens (including phenoxy) is 1. The minimum Gasteiger partial charge on any atom is -0.465 e. The third-order valence-corrected chi connectivity index (χ3v) is 1.29. The number of carbonyl (C=O) groups excluding carboxylic acids is 1. The van der Waals surface area contributed by atoms with Crippen LogP contribution in [0.15, 0.2) is 18.3 Å². The van der Waals surface area contributed by atoms with Crippen molar-refractivity contribution in [1.82, 2.24) is 4.98 Å². The van der Waals surface area contributed by atoms with Crippen LogP contribution in [-0.2, 0) is 4.74 Å². The summed E-state index contributed by atoms with van der Waals surface area (Å²) in [5.41, 5.74) is 0.211. The van der Waals surface area contributed by atoms with E-state index in [-0.39, 0.29) is 11.4 Å². The van der Waals surface area contributed by atoms with Crippen LogP contribution in [0, 0.1) is 0 Å². The molecule has 5 heteroatoms. The summed E-state index contributed by atoms with van der Waals surface area (Å²) in [5, 5.41) is 0. The monoisotopic (exact) mass is 168 g/mol. The molecule has 0 fully saturated rings. The maximum Gasteiger partial charge on any atom is 0.343 e. The zero-order valence-corrected chi connectivity index (χ0v) is 6.48. The van der Waals surface area contributed by atoms with Gasteiger partial charge in [-0.3, -0.25) is 0 Å². The summed E-state index contributed by atoms with van der Waals surface area (Å²) in [5.74, 6) is 4.41. The summed E-state index contributed by atoms with van der Waals surface area (Å²) in [6.45, 7) is 0. The van der Waals surface area contributed by atoms with Gasteiger partial charge in [-0.25, -0.2) is 9.78 Å². The normalized spacial score (nSPS) is 9.17. The average Bonchev–Trinajstić information content (AvgIpc) is 2.16. The molecule has 2 N–H and O–H groups in total. The highest BCUT2D eigenvalue weighted by atomic mass is 16.6. The van der Waals surface area contributed by atoms with Gasteiger partial charge in [0.15, 0.2) is 0 Å². The van der Waals surface area contributed by atoms with Gasteiger partial charge >= 0.3 is 5.97 Å². The summed E-state index contributed by atoms with van der Waals surface area (Å²) < 4.78 is 4.46. The first-order valence-electron chi connectivity index (χ1n) is 3.19. The van der Waals surface area contributed by atoms with E-state index in [0.717, 1.165) is 0 Å². The number of methoxy groups -OCH3 is 1. The second-order valence-electron chi connectivity index (χ2n) is 1.97. The zero-order chi connectivity index (χ0) is 8.97. The van der Waals surface area contributed by atoms with Crippen LogP contribution in [-0.4, -0.2) is 18.1 Å². The Labute approximate surface area is 69.1 Å². The topological polar surface area (TPSA) is 74.4 Å². The lowest BCUT2D eigenvalue weighted by atomic mass is 10.3. The second-order valence-corrected chi connectivity index (χ2v) is 1.97. The lowest BCUT2D eigenvalue weighted by molar-refractivity contribution is 0.0595. The molecule has 64 valence electrons. The number of aromatic nitrogens is 1. The van der Waals surface area contributed by atoms with Crippen LogP contribution < -0.4 is 10.7 Å². The first-order valence-corrected chi connectivity index (χ1v) is 3.19. The highest BCUT2D eigenvalue weighted by Crippen LogP contribution is 2.13. The van der Waals surface area contributed by atoms with Crippen molar-refractivity contribution in [2.45, 2.75) is 0 Å². The van der Waals surface area contributed by atoms with Gasteiger partial charge in [-0.15, -0.1) is 0 Å². The molecule has 0 spiro atoms. The largest absolute Gasteiger partial charge is 0.465 e. The number of pyridine rings is 1. The summed E-state index contributed by atoms with van der Waals surface area (Å²) in [6.07, 6.45) is 1.47. The molecule has 1 rings (SSSR count). The maximum atomic E-state index is 11.0. The molecule has 1 aromatic heterocycles. The zero-order valence-electron chi connectivity index (χ0n) is 6.48. The molecule has 0 atom stereocenters. The second kappa shape index (κ2) is 3.68. The Bertz CT molecular complexity index is 288. The van der Waals surface area contributed by atoms with E-state index in [1.165, 1.54) is 19.4 Å². The Balaban J connectivity index is 3.04. The fraction of sp³-hybridized carbons (Fsp3) is 0.143. The van der Waals surface area contributed by atoms with Crippen molar-refractivity contribution >= 4 is 5.97 Å². The Morgan fingerprint density at radius 1 is 1.67 bits per heavy atom. The van der Waals surface area contributed by atoms with Crippen molar-refractivity contribution < 1.29 is 14.4 Å². The molecule has 0 aliphatic carbocycles. The van der Waals surface area contributed by atoms with Crippen molar-refractivity contribution in [2.75, 3.05) is 7.11 Å². The number of carbonyl (C=O) groups is 1. The van der Waals surface area contributed by atoms with Gasteiger partial charge in [-0.05, 0) is 12.1 Å². The molecule has 0 aliphatic rings. The standard InChI is InChI=1S/C7H8N2O3/c1-11-7(10)5-3-2-4-9-6(5)12-8/h2-4H,8H2,1H3. The van der Waals surface area contributed by atoms with Crippen LogP contribution in [0.3, 0.4) is 0 Å². The molecular formula is C7H8N2O3. The molecule has 5 nitrogen and oxygen atoms in total. The summed E-state index contributed by atoms with van der Waals surface area (Å²) in [4.78, 5) is 19.1. The predicted octanol–water partition coefficient (Wildman–Crippen LogP) is 0.121. The van der Waals surface area contributed by atoms with Crippen LogP contribution in [0.25, 0.3) is 0 Å². The lowest BCUT2D eigenvalue weighted by Gasteiger charge is -2.02. The van der Waals surface area contributed by atoms with E-state index in [4.69, 9.17) is 5.90 Å². The van der Waals surface area contributed by atoms with Gasteiger partial charge < -0.3 is 9.57 Å². The fourth-order valence-electron chi connectivity index (χ4n) is 0.750. The van der Waals surface area contributed by atoms with Gasteiger partial charge in [-0.1, -0.05) is 0 Å². The van der Waals surface area contributed by atoms with Crippen LogP contribution in [0.4, 0.5) is 0 Å². The number of esters is 1. The molecule has 1 heterocycles. The van der Waals surface area contributed by atoms with Gasteiger partial charge in [0.2, 0.25) is 0 Å². The number of hydrogen-bond acceptors (Lipinski definition) is 5. The van der Waals surface area contributed by atoms with Gasteiger partial charge in [0, 0.05) is 6.20 Å². The van der Waals surface area contributed by atoms with Crippen LogP contribution in [0.5, 0.6) is 5.88 Å². The van der Waals surface area contributed by atoms with Gasteiger partial charge in [0.05, 0.1) is 7.11 Å². The summed E-state index contributed by atoms with van der Waals surface area (Å²) in [6, 6.07) is 3.11. The average molecular weight is 168 g/mol. The third-order valence-electron chi connectivity index (χ3n) is 1.29. The van der Waals surface area contributed by atoms with Gasteiger partial charge in [0.25, 0.3) is 5.88 Å². The number of nitrogens with two attached hydrogens (primary N) is 1. The third kappa shape index (κ3) is 1.51. The van der Waals surface area contributed by atoms with Crippen molar-refractivity contribution in [1.29, 1.82) is 0 Å². The Hall–Kier alpha value is -1.62. The van der Waals surface area contributed by atoms with Crippen molar-refractivity contribution in [2.24, 2.45) is 5.90 Å². The fourth-order valence-corrected chi connectivity index (χ4v) is 0.750.